The largest absolute Gasteiger partial charge is 0.497 e. The fourth-order valence-corrected chi connectivity index (χ4v) is 4.85. The third-order valence-corrected chi connectivity index (χ3v) is 7.00. The molecule has 0 fully saturated rings. The summed E-state index contributed by atoms with van der Waals surface area (Å²) in [5.41, 5.74) is 5.84. The highest BCUT2D eigenvalue weighted by Gasteiger charge is 2.30. The number of alkyl halides is 3. The van der Waals surface area contributed by atoms with E-state index in [0.29, 0.717) is 17.1 Å². The number of hydrogen-bond donors (Lipinski definition) is 1. The van der Waals surface area contributed by atoms with Gasteiger partial charge < -0.3 is 19.2 Å². The number of nitrogens with zero attached hydrogens (tertiary/aromatic N) is 1. The summed E-state index contributed by atoms with van der Waals surface area (Å²) in [6.45, 7) is 4.74. The molecule has 0 aliphatic carbocycles. The molecular formula is C29H29F3N2O3. The zero-order valence-electron chi connectivity index (χ0n) is 21.0. The predicted octanol–water partition coefficient (Wildman–Crippen LogP) is 6.65. The van der Waals surface area contributed by atoms with E-state index in [1.807, 2.05) is 24.3 Å². The molecule has 8 heteroatoms. The van der Waals surface area contributed by atoms with Crippen molar-refractivity contribution >= 4 is 10.9 Å². The summed E-state index contributed by atoms with van der Waals surface area (Å²) >= 11 is 0. The molecule has 0 bridgehead atoms. The van der Waals surface area contributed by atoms with Gasteiger partial charge >= 0.3 is 6.18 Å². The van der Waals surface area contributed by atoms with Crippen molar-refractivity contribution < 1.29 is 27.4 Å². The first-order chi connectivity index (χ1) is 17.7. The minimum absolute atomic E-state index is 0.148. The number of ether oxygens (including phenoxy) is 3. The Bertz CT molecular complexity index is 1410. The van der Waals surface area contributed by atoms with E-state index in [9.17, 15) is 13.2 Å². The molecule has 194 valence electrons. The number of rotatable bonds is 7. The van der Waals surface area contributed by atoms with E-state index in [2.05, 4.69) is 22.9 Å². The van der Waals surface area contributed by atoms with Gasteiger partial charge in [-0.1, -0.05) is 12.1 Å². The number of methoxy groups -OCH3 is 2. The SMILES string of the molecule is COc1ccc2[nH]c(CN3CCc4cc(OC)c(OCc5ccc(C(F)(F)F)cc5)cc4C3)c(C)c2c1. The van der Waals surface area contributed by atoms with Gasteiger partial charge in [0.05, 0.1) is 19.8 Å². The summed E-state index contributed by atoms with van der Waals surface area (Å²) in [7, 11) is 3.27. The van der Waals surface area contributed by atoms with Gasteiger partial charge in [-0.05, 0) is 78.1 Å². The Morgan fingerprint density at radius 1 is 0.919 bits per heavy atom. The Kier molecular flexibility index (Phi) is 6.77. The van der Waals surface area contributed by atoms with Crippen molar-refractivity contribution in [1.29, 1.82) is 0 Å². The summed E-state index contributed by atoms with van der Waals surface area (Å²) in [6, 6.07) is 15.1. The summed E-state index contributed by atoms with van der Waals surface area (Å²) in [5, 5.41) is 1.16. The maximum absolute atomic E-state index is 12.8. The molecule has 2 heterocycles. The first kappa shape index (κ1) is 25.0. The van der Waals surface area contributed by atoms with Crippen LogP contribution in [-0.4, -0.2) is 30.6 Å². The van der Waals surface area contributed by atoms with E-state index in [1.54, 1.807) is 14.2 Å². The molecule has 37 heavy (non-hydrogen) atoms. The second kappa shape index (κ2) is 10.0. The molecule has 1 N–H and O–H groups in total. The van der Waals surface area contributed by atoms with Crippen molar-refractivity contribution in [2.45, 2.75) is 39.2 Å². The molecule has 0 radical (unpaired) electrons. The lowest BCUT2D eigenvalue weighted by atomic mass is 9.98. The lowest BCUT2D eigenvalue weighted by molar-refractivity contribution is -0.137. The predicted molar refractivity (Wildman–Crippen MR) is 136 cm³/mol. The standard InChI is InChI=1S/C29H29F3N2O3/c1-18-24-14-23(35-2)8-9-25(24)33-26(18)16-34-11-10-20-12-27(36-3)28(13-21(20)15-34)37-17-19-4-6-22(7-5-19)29(30,31)32/h4-9,12-14,33H,10-11,15-17H2,1-3H3. The smallest absolute Gasteiger partial charge is 0.416 e. The Morgan fingerprint density at radius 2 is 1.68 bits per heavy atom. The van der Waals surface area contributed by atoms with Gasteiger partial charge in [0.25, 0.3) is 0 Å². The van der Waals surface area contributed by atoms with Crippen LogP contribution in [0.3, 0.4) is 0 Å². The van der Waals surface area contributed by atoms with Gasteiger partial charge in [0, 0.05) is 36.2 Å². The molecule has 0 atom stereocenters. The molecule has 0 saturated carbocycles. The third kappa shape index (κ3) is 5.25. The maximum atomic E-state index is 12.8. The molecule has 1 aliphatic rings. The zero-order valence-corrected chi connectivity index (χ0v) is 21.0. The number of H-pyrrole nitrogens is 1. The highest BCUT2D eigenvalue weighted by atomic mass is 19.4. The first-order valence-corrected chi connectivity index (χ1v) is 12.1. The van der Waals surface area contributed by atoms with Crippen LogP contribution in [0.2, 0.25) is 0 Å². The second-order valence-corrected chi connectivity index (χ2v) is 9.36. The van der Waals surface area contributed by atoms with Crippen LogP contribution in [0.1, 0.15) is 33.5 Å². The topological polar surface area (TPSA) is 46.7 Å². The molecule has 0 unspecified atom stereocenters. The van der Waals surface area contributed by atoms with Crippen molar-refractivity contribution in [2.75, 3.05) is 20.8 Å². The lowest BCUT2D eigenvalue weighted by Gasteiger charge is -2.29. The van der Waals surface area contributed by atoms with Gasteiger partial charge in [-0.2, -0.15) is 13.2 Å². The van der Waals surface area contributed by atoms with Crippen molar-refractivity contribution in [1.82, 2.24) is 9.88 Å². The molecule has 0 amide bonds. The normalized spacial score (nSPS) is 14.0. The molecule has 4 aromatic rings. The van der Waals surface area contributed by atoms with Gasteiger partial charge in [0.2, 0.25) is 0 Å². The Balaban J connectivity index is 1.31. The van der Waals surface area contributed by atoms with Crippen LogP contribution < -0.4 is 14.2 Å². The third-order valence-electron chi connectivity index (χ3n) is 7.00. The molecule has 5 rings (SSSR count). The number of hydrogen-bond acceptors (Lipinski definition) is 4. The summed E-state index contributed by atoms with van der Waals surface area (Å²) in [4.78, 5) is 5.95. The number of halogens is 3. The first-order valence-electron chi connectivity index (χ1n) is 12.1. The van der Waals surface area contributed by atoms with E-state index in [4.69, 9.17) is 14.2 Å². The van der Waals surface area contributed by atoms with Crippen LogP contribution in [0.25, 0.3) is 10.9 Å². The molecule has 0 saturated heterocycles. The second-order valence-electron chi connectivity index (χ2n) is 9.36. The number of aryl methyl sites for hydroxylation is 1. The van der Waals surface area contributed by atoms with E-state index in [0.717, 1.165) is 60.4 Å². The minimum atomic E-state index is -4.36. The average molecular weight is 511 g/mol. The summed E-state index contributed by atoms with van der Waals surface area (Å²) in [6.07, 6.45) is -3.47. The van der Waals surface area contributed by atoms with Crippen LogP contribution in [0.4, 0.5) is 13.2 Å². The monoisotopic (exact) mass is 510 g/mol. The Labute approximate surface area is 213 Å². The fourth-order valence-electron chi connectivity index (χ4n) is 4.85. The van der Waals surface area contributed by atoms with Crippen molar-refractivity contribution in [3.05, 3.63) is 88.1 Å². The van der Waals surface area contributed by atoms with Crippen molar-refractivity contribution in [3.63, 3.8) is 0 Å². The van der Waals surface area contributed by atoms with E-state index >= 15 is 0 Å². The molecular weight excluding hydrogens is 481 g/mol. The van der Waals surface area contributed by atoms with Crippen LogP contribution in [0, 0.1) is 6.92 Å². The number of fused-ring (bicyclic) bond motifs is 2. The molecule has 5 nitrogen and oxygen atoms in total. The molecule has 1 aliphatic heterocycles. The van der Waals surface area contributed by atoms with Crippen LogP contribution >= 0.6 is 0 Å². The number of nitrogens with one attached hydrogen (secondary N) is 1. The van der Waals surface area contributed by atoms with Gasteiger partial charge in [-0.3, -0.25) is 4.90 Å². The van der Waals surface area contributed by atoms with Crippen molar-refractivity contribution in [2.24, 2.45) is 0 Å². The number of aromatic nitrogens is 1. The summed E-state index contributed by atoms with van der Waals surface area (Å²) < 4.78 is 55.5. The molecule has 1 aromatic heterocycles. The van der Waals surface area contributed by atoms with Crippen LogP contribution in [0.15, 0.2) is 54.6 Å². The highest BCUT2D eigenvalue weighted by molar-refractivity contribution is 5.85. The summed E-state index contributed by atoms with van der Waals surface area (Å²) in [5.74, 6) is 2.04. The van der Waals surface area contributed by atoms with Gasteiger partial charge in [0.1, 0.15) is 12.4 Å². The highest BCUT2D eigenvalue weighted by Crippen LogP contribution is 2.35. The van der Waals surface area contributed by atoms with Crippen LogP contribution in [0.5, 0.6) is 17.2 Å². The zero-order chi connectivity index (χ0) is 26.2. The average Bonchev–Trinajstić information content (AvgIpc) is 3.20. The number of aromatic amines is 1. The van der Waals surface area contributed by atoms with Gasteiger partial charge in [-0.15, -0.1) is 0 Å². The van der Waals surface area contributed by atoms with Gasteiger partial charge in [-0.25, -0.2) is 0 Å². The van der Waals surface area contributed by atoms with E-state index in [-0.39, 0.29) is 6.61 Å². The van der Waals surface area contributed by atoms with E-state index < -0.39 is 11.7 Å². The quantitative estimate of drug-likeness (QED) is 0.302. The van der Waals surface area contributed by atoms with E-state index in [1.165, 1.54) is 29.0 Å². The molecule has 0 spiro atoms. The Hall–Kier alpha value is -3.65. The van der Waals surface area contributed by atoms with Gasteiger partial charge in [0.15, 0.2) is 11.5 Å². The lowest BCUT2D eigenvalue weighted by Crippen LogP contribution is -2.30. The fraction of sp³-hybridized carbons (Fsp3) is 0.310. The van der Waals surface area contributed by atoms with Crippen molar-refractivity contribution in [3.8, 4) is 17.2 Å². The van der Waals surface area contributed by atoms with Crippen LogP contribution in [-0.2, 0) is 32.3 Å². The number of benzene rings is 3. The minimum Gasteiger partial charge on any atom is -0.497 e. The molecule has 3 aromatic carbocycles. The Morgan fingerprint density at radius 3 is 2.38 bits per heavy atom. The maximum Gasteiger partial charge on any atom is 0.416 e.